The van der Waals surface area contributed by atoms with Crippen LogP contribution in [0.2, 0.25) is 5.02 Å². The highest BCUT2D eigenvalue weighted by Gasteiger charge is 2.56. The van der Waals surface area contributed by atoms with E-state index in [4.69, 9.17) is 11.6 Å². The zero-order valence-electron chi connectivity index (χ0n) is 23.2. The normalized spacial score (nSPS) is 19.9. The molecule has 0 bridgehead atoms. The Morgan fingerprint density at radius 2 is 1.57 bits per heavy atom. The number of para-hydroxylation sites is 1. The number of carbonyl (C=O) groups excluding carboxylic acids is 3. The summed E-state index contributed by atoms with van der Waals surface area (Å²) in [6.07, 6.45) is 0. The Kier molecular flexibility index (Phi) is 7.37. The Morgan fingerprint density at radius 3 is 2.21 bits per heavy atom. The van der Waals surface area contributed by atoms with Gasteiger partial charge in [-0.1, -0.05) is 97.9 Å². The van der Waals surface area contributed by atoms with Gasteiger partial charge in [0, 0.05) is 21.5 Å². The molecule has 1 saturated heterocycles. The lowest BCUT2D eigenvalue weighted by atomic mass is 9.81. The number of nitrogens with one attached hydrogen (secondary N) is 1. The number of benzene rings is 3. The van der Waals surface area contributed by atoms with Crippen LogP contribution in [0.1, 0.15) is 42.7 Å². The number of fused-ring (bicyclic) bond motifs is 2. The number of halogens is 1. The number of amides is 3. The summed E-state index contributed by atoms with van der Waals surface area (Å²) in [5.74, 6) is -2.25. The van der Waals surface area contributed by atoms with Crippen LogP contribution in [-0.2, 0) is 26.3 Å². The van der Waals surface area contributed by atoms with E-state index in [0.717, 1.165) is 22.5 Å². The number of nitrogens with zero attached hydrogens (tertiary/aromatic N) is 2. The van der Waals surface area contributed by atoms with Crippen LogP contribution >= 0.6 is 34.7 Å². The molecule has 1 aromatic heterocycles. The number of rotatable bonds is 5. The van der Waals surface area contributed by atoms with Crippen LogP contribution in [0.25, 0.3) is 0 Å². The fourth-order valence-corrected chi connectivity index (χ4v) is 8.41. The number of thiazole rings is 1. The van der Waals surface area contributed by atoms with E-state index in [1.165, 1.54) is 21.2 Å². The van der Waals surface area contributed by atoms with Gasteiger partial charge in [0.1, 0.15) is 11.8 Å². The van der Waals surface area contributed by atoms with Crippen molar-refractivity contribution in [2.75, 3.05) is 10.2 Å². The Balaban J connectivity index is 1.43. The van der Waals surface area contributed by atoms with E-state index in [0.29, 0.717) is 26.3 Å². The first-order valence-corrected chi connectivity index (χ1v) is 15.6. The molecule has 42 heavy (non-hydrogen) atoms. The van der Waals surface area contributed by atoms with Gasteiger partial charge in [-0.2, -0.15) is 0 Å². The molecule has 2 aliphatic heterocycles. The van der Waals surface area contributed by atoms with Crippen molar-refractivity contribution in [3.63, 3.8) is 0 Å². The van der Waals surface area contributed by atoms with E-state index in [1.807, 2.05) is 42.5 Å². The second-order valence-electron chi connectivity index (χ2n) is 11.4. The Bertz CT molecular complexity index is 1740. The summed E-state index contributed by atoms with van der Waals surface area (Å²) in [6, 6.07) is 23.7. The lowest BCUT2D eigenvalue weighted by molar-refractivity contribution is -0.122. The third kappa shape index (κ3) is 5.10. The maximum atomic E-state index is 14.0. The molecule has 1 N–H and O–H groups in total. The molecule has 0 spiro atoms. The SMILES string of the molecule is CC(C)(C)c1ccc(C2c3sc(=O)n(CC(=O)Nc4ccccc4)c3SC3C(=O)N(c4ccc(Cl)cc4)C(=O)C32)cc1. The lowest BCUT2D eigenvalue weighted by Crippen LogP contribution is -2.33. The number of aromatic nitrogens is 1. The molecule has 1 fully saturated rings. The molecule has 0 radical (unpaired) electrons. The van der Waals surface area contributed by atoms with Gasteiger partial charge in [0.25, 0.3) is 0 Å². The molecule has 3 amide bonds. The first-order valence-electron chi connectivity index (χ1n) is 13.5. The maximum absolute atomic E-state index is 14.0. The van der Waals surface area contributed by atoms with E-state index in [2.05, 4.69) is 26.1 Å². The van der Waals surface area contributed by atoms with E-state index in [9.17, 15) is 19.2 Å². The third-order valence-corrected chi connectivity index (χ3v) is 10.5. The Hall–Kier alpha value is -3.66. The molecule has 4 aromatic rings. The molecular weight excluding hydrogens is 590 g/mol. The van der Waals surface area contributed by atoms with Crippen molar-refractivity contribution in [2.24, 2.45) is 5.92 Å². The number of carbonyl (C=O) groups is 3. The van der Waals surface area contributed by atoms with Crippen LogP contribution in [0.5, 0.6) is 0 Å². The summed E-state index contributed by atoms with van der Waals surface area (Å²) in [7, 11) is 0. The largest absolute Gasteiger partial charge is 0.325 e. The summed E-state index contributed by atoms with van der Waals surface area (Å²) in [6.45, 7) is 6.18. The highest BCUT2D eigenvalue weighted by molar-refractivity contribution is 8.00. The predicted octanol–water partition coefficient (Wildman–Crippen LogP) is 6.30. The smallest absolute Gasteiger partial charge is 0.308 e. The fraction of sp³-hybridized carbons (Fsp3) is 0.250. The number of imide groups is 1. The van der Waals surface area contributed by atoms with Gasteiger partial charge in [-0.15, -0.1) is 0 Å². The Morgan fingerprint density at radius 1 is 0.905 bits per heavy atom. The molecule has 3 aromatic carbocycles. The van der Waals surface area contributed by atoms with E-state index in [1.54, 1.807) is 36.4 Å². The van der Waals surface area contributed by atoms with Crippen molar-refractivity contribution in [2.45, 2.75) is 48.9 Å². The highest BCUT2D eigenvalue weighted by atomic mass is 35.5. The fourth-order valence-electron chi connectivity index (χ4n) is 5.52. The molecule has 3 heterocycles. The topological polar surface area (TPSA) is 88.5 Å². The second kappa shape index (κ2) is 10.9. The number of hydrogen-bond donors (Lipinski definition) is 1. The van der Waals surface area contributed by atoms with Crippen molar-refractivity contribution >= 4 is 63.8 Å². The van der Waals surface area contributed by atoms with Crippen LogP contribution in [0.4, 0.5) is 11.4 Å². The quantitative estimate of drug-likeness (QED) is 0.266. The van der Waals surface area contributed by atoms with Crippen molar-refractivity contribution in [3.8, 4) is 0 Å². The zero-order valence-corrected chi connectivity index (χ0v) is 25.6. The summed E-state index contributed by atoms with van der Waals surface area (Å²) < 4.78 is 1.43. The van der Waals surface area contributed by atoms with Crippen LogP contribution < -0.4 is 15.1 Å². The minimum absolute atomic E-state index is 0.0700. The molecule has 3 unspecified atom stereocenters. The van der Waals surface area contributed by atoms with Gasteiger partial charge in [0.2, 0.25) is 17.7 Å². The summed E-state index contributed by atoms with van der Waals surface area (Å²) in [5, 5.41) is 3.13. The molecule has 0 aliphatic carbocycles. The summed E-state index contributed by atoms with van der Waals surface area (Å²) >= 11 is 8.31. The average molecular weight is 618 g/mol. The van der Waals surface area contributed by atoms with Gasteiger partial charge in [-0.25, -0.2) is 4.90 Å². The van der Waals surface area contributed by atoms with Crippen LogP contribution in [0, 0.1) is 5.92 Å². The summed E-state index contributed by atoms with van der Waals surface area (Å²) in [4.78, 5) is 55.9. The lowest BCUT2D eigenvalue weighted by Gasteiger charge is -2.31. The molecular formula is C32H28ClN3O4S2. The summed E-state index contributed by atoms with van der Waals surface area (Å²) in [5.41, 5.74) is 2.99. The number of thioether (sulfide) groups is 1. The molecule has 6 rings (SSSR count). The zero-order chi connectivity index (χ0) is 29.8. The Labute approximate surface area is 256 Å². The van der Waals surface area contributed by atoms with Gasteiger partial charge < -0.3 is 5.32 Å². The number of hydrogen-bond acceptors (Lipinski definition) is 6. The van der Waals surface area contributed by atoms with Gasteiger partial charge >= 0.3 is 4.87 Å². The predicted molar refractivity (Wildman–Crippen MR) is 168 cm³/mol. The van der Waals surface area contributed by atoms with Crippen molar-refractivity contribution in [1.29, 1.82) is 0 Å². The molecule has 2 aliphatic rings. The molecule has 3 atom stereocenters. The molecule has 0 saturated carbocycles. The highest BCUT2D eigenvalue weighted by Crippen LogP contribution is 2.54. The van der Waals surface area contributed by atoms with Crippen molar-refractivity contribution in [1.82, 2.24) is 4.57 Å². The number of anilines is 2. The van der Waals surface area contributed by atoms with Gasteiger partial charge in [-0.05, 0) is 52.9 Å². The second-order valence-corrected chi connectivity index (χ2v) is 14.0. The first kappa shape index (κ1) is 28.5. The van der Waals surface area contributed by atoms with Gasteiger partial charge in [-0.3, -0.25) is 23.7 Å². The third-order valence-electron chi connectivity index (χ3n) is 7.63. The minimum Gasteiger partial charge on any atom is -0.325 e. The van der Waals surface area contributed by atoms with Crippen LogP contribution in [-0.4, -0.2) is 27.5 Å². The molecule has 214 valence electrons. The van der Waals surface area contributed by atoms with Crippen molar-refractivity contribution in [3.05, 3.63) is 110 Å². The van der Waals surface area contributed by atoms with E-state index < -0.39 is 17.1 Å². The molecule has 7 nitrogen and oxygen atoms in total. The van der Waals surface area contributed by atoms with E-state index in [-0.39, 0.29) is 34.6 Å². The van der Waals surface area contributed by atoms with Gasteiger partial charge in [0.15, 0.2) is 0 Å². The van der Waals surface area contributed by atoms with E-state index >= 15 is 0 Å². The monoisotopic (exact) mass is 617 g/mol. The first-order chi connectivity index (χ1) is 20.0. The minimum atomic E-state index is -0.759. The van der Waals surface area contributed by atoms with Gasteiger partial charge in [0.05, 0.1) is 16.6 Å². The van der Waals surface area contributed by atoms with Crippen molar-refractivity contribution < 1.29 is 14.4 Å². The van der Waals surface area contributed by atoms with Crippen LogP contribution in [0.3, 0.4) is 0 Å². The standard InChI is InChI=1S/C32H28ClN3O4S2/c1-32(2,3)19-11-9-18(10-12-19)24-25-26(29(39)36(28(25)38)22-15-13-20(33)14-16-22)41-30-27(24)42-31(40)35(30)17-23(37)34-21-7-5-4-6-8-21/h4-16,24-26H,17H2,1-3H3,(H,34,37). The van der Waals surface area contributed by atoms with Crippen LogP contribution in [0.15, 0.2) is 88.7 Å². The average Bonchev–Trinajstić information content (AvgIpc) is 3.40. The molecule has 10 heteroatoms. The maximum Gasteiger partial charge on any atom is 0.308 e.